The lowest BCUT2D eigenvalue weighted by atomic mass is 9.82. The number of benzene rings is 1. The van der Waals surface area contributed by atoms with Crippen LogP contribution in [0, 0.1) is 11.7 Å². The monoisotopic (exact) mass is 341 g/mol. The molecule has 0 aromatic heterocycles. The minimum absolute atomic E-state index is 0.0411. The molecule has 2 atom stereocenters. The fourth-order valence-corrected chi connectivity index (χ4v) is 3.68. The normalized spacial score (nSPS) is 23.6. The maximum atomic E-state index is 14.2. The average Bonchev–Trinajstić information content (AvgIpc) is 2.67. The minimum atomic E-state index is -0.0411. The number of hydrogen-bond acceptors (Lipinski definition) is 1. The van der Waals surface area contributed by atoms with Crippen LogP contribution in [0.2, 0.25) is 0 Å². The first kappa shape index (κ1) is 16.0. The molecule has 2 rings (SSSR count). The van der Waals surface area contributed by atoms with Gasteiger partial charge < -0.3 is 5.32 Å². The molecule has 1 nitrogen and oxygen atoms in total. The van der Waals surface area contributed by atoms with Gasteiger partial charge in [-0.15, -0.1) is 0 Å². The predicted molar refractivity (Wildman–Crippen MR) is 86.6 cm³/mol. The molecule has 1 aliphatic rings. The summed E-state index contributed by atoms with van der Waals surface area (Å²) in [5.41, 5.74) is 0.907. The van der Waals surface area contributed by atoms with Crippen LogP contribution in [0.25, 0.3) is 0 Å². The fourth-order valence-electron chi connectivity index (χ4n) is 3.30. The third-order valence-electron chi connectivity index (χ3n) is 4.35. The van der Waals surface area contributed by atoms with Crippen molar-refractivity contribution in [2.75, 3.05) is 13.1 Å². The van der Waals surface area contributed by atoms with Crippen molar-refractivity contribution < 1.29 is 4.39 Å². The molecule has 1 N–H and O–H groups in total. The van der Waals surface area contributed by atoms with Crippen LogP contribution in [0.4, 0.5) is 4.39 Å². The van der Waals surface area contributed by atoms with E-state index in [2.05, 4.69) is 28.2 Å². The smallest absolute Gasteiger partial charge is 0.126 e. The summed E-state index contributed by atoms with van der Waals surface area (Å²) in [6.07, 6.45) is 7.28. The van der Waals surface area contributed by atoms with Crippen molar-refractivity contribution in [1.29, 1.82) is 0 Å². The van der Waals surface area contributed by atoms with Crippen molar-refractivity contribution in [1.82, 2.24) is 5.32 Å². The van der Waals surface area contributed by atoms with Crippen molar-refractivity contribution >= 4 is 15.9 Å². The summed E-state index contributed by atoms with van der Waals surface area (Å²) in [4.78, 5) is 0. The molecule has 0 amide bonds. The number of hydrogen-bond donors (Lipinski definition) is 1. The van der Waals surface area contributed by atoms with E-state index in [9.17, 15) is 4.39 Å². The molecular formula is C17H25BrFN. The summed E-state index contributed by atoms with van der Waals surface area (Å²) >= 11 is 3.48. The highest BCUT2D eigenvalue weighted by Gasteiger charge is 2.27. The van der Waals surface area contributed by atoms with Crippen LogP contribution in [0.1, 0.15) is 56.9 Å². The molecule has 0 heterocycles. The highest BCUT2D eigenvalue weighted by molar-refractivity contribution is 9.10. The molecule has 0 aliphatic heterocycles. The lowest BCUT2D eigenvalue weighted by Gasteiger charge is -2.26. The molecule has 112 valence electrons. The SMILES string of the molecule is CCCNCC1CCCCCC1c1cc(Br)ccc1F. The molecular weight excluding hydrogens is 317 g/mol. The third kappa shape index (κ3) is 4.29. The maximum Gasteiger partial charge on any atom is 0.126 e. The molecule has 1 aliphatic carbocycles. The molecule has 0 bridgehead atoms. The van der Waals surface area contributed by atoms with E-state index in [0.29, 0.717) is 11.8 Å². The largest absolute Gasteiger partial charge is 0.316 e. The molecule has 1 fully saturated rings. The fraction of sp³-hybridized carbons (Fsp3) is 0.647. The van der Waals surface area contributed by atoms with Gasteiger partial charge in [-0.2, -0.15) is 0 Å². The highest BCUT2D eigenvalue weighted by atomic mass is 79.9. The Balaban J connectivity index is 2.16. The van der Waals surface area contributed by atoms with Gasteiger partial charge in [-0.25, -0.2) is 4.39 Å². The molecule has 0 radical (unpaired) electrons. The Morgan fingerprint density at radius 3 is 2.85 bits per heavy atom. The van der Waals surface area contributed by atoms with Crippen LogP contribution < -0.4 is 5.32 Å². The molecule has 0 saturated heterocycles. The topological polar surface area (TPSA) is 12.0 Å². The van der Waals surface area contributed by atoms with Crippen molar-refractivity contribution in [3.63, 3.8) is 0 Å². The Morgan fingerprint density at radius 1 is 1.25 bits per heavy atom. The highest BCUT2D eigenvalue weighted by Crippen LogP contribution is 2.38. The standard InChI is InChI=1S/C17H25BrFN/c1-2-10-20-12-13-6-4-3-5-7-15(13)16-11-14(18)8-9-17(16)19/h8-9,11,13,15,20H,2-7,10,12H2,1H3. The number of nitrogens with one attached hydrogen (secondary N) is 1. The van der Waals surface area contributed by atoms with E-state index in [-0.39, 0.29) is 5.82 Å². The van der Waals surface area contributed by atoms with Gasteiger partial charge in [-0.3, -0.25) is 0 Å². The Kier molecular flexibility index (Phi) is 6.50. The first-order valence-corrected chi connectivity index (χ1v) is 8.67. The van der Waals surface area contributed by atoms with Gasteiger partial charge in [0.1, 0.15) is 5.82 Å². The summed E-state index contributed by atoms with van der Waals surface area (Å²) in [5.74, 6) is 0.882. The van der Waals surface area contributed by atoms with E-state index < -0.39 is 0 Å². The van der Waals surface area contributed by atoms with Crippen molar-refractivity contribution in [3.8, 4) is 0 Å². The number of rotatable bonds is 5. The van der Waals surface area contributed by atoms with Crippen molar-refractivity contribution in [2.24, 2.45) is 5.92 Å². The Morgan fingerprint density at radius 2 is 2.05 bits per heavy atom. The molecule has 1 aromatic carbocycles. The van der Waals surface area contributed by atoms with Crippen LogP contribution in [0.5, 0.6) is 0 Å². The minimum Gasteiger partial charge on any atom is -0.316 e. The summed E-state index contributed by atoms with van der Waals surface area (Å²) in [5, 5.41) is 3.53. The summed E-state index contributed by atoms with van der Waals surface area (Å²) < 4.78 is 15.2. The predicted octanol–water partition coefficient (Wildman–Crippen LogP) is 5.25. The maximum absolute atomic E-state index is 14.2. The summed E-state index contributed by atoms with van der Waals surface area (Å²) in [7, 11) is 0. The Labute approximate surface area is 130 Å². The van der Waals surface area contributed by atoms with Gasteiger partial charge in [0.2, 0.25) is 0 Å². The average molecular weight is 342 g/mol. The molecule has 1 aromatic rings. The zero-order chi connectivity index (χ0) is 14.4. The third-order valence-corrected chi connectivity index (χ3v) is 4.84. The molecule has 0 spiro atoms. The Hall–Kier alpha value is -0.410. The molecule has 3 heteroatoms. The summed E-state index contributed by atoms with van der Waals surface area (Å²) in [6.45, 7) is 4.26. The molecule has 20 heavy (non-hydrogen) atoms. The van der Waals surface area contributed by atoms with Crippen LogP contribution in [0.15, 0.2) is 22.7 Å². The summed E-state index contributed by atoms with van der Waals surface area (Å²) in [6, 6.07) is 5.37. The number of halogens is 2. The van der Waals surface area contributed by atoms with Gasteiger partial charge >= 0.3 is 0 Å². The first-order valence-electron chi connectivity index (χ1n) is 7.88. The lowest BCUT2D eigenvalue weighted by Crippen LogP contribution is -2.27. The van der Waals surface area contributed by atoms with Gasteiger partial charge in [0.15, 0.2) is 0 Å². The van der Waals surface area contributed by atoms with Gasteiger partial charge in [0.25, 0.3) is 0 Å². The van der Waals surface area contributed by atoms with E-state index in [1.165, 1.54) is 25.7 Å². The van der Waals surface area contributed by atoms with Gasteiger partial charge in [-0.05, 0) is 68.0 Å². The van der Waals surface area contributed by atoms with Crippen LogP contribution in [-0.2, 0) is 0 Å². The van der Waals surface area contributed by atoms with E-state index in [1.807, 2.05) is 6.07 Å². The van der Waals surface area contributed by atoms with Crippen molar-refractivity contribution in [2.45, 2.75) is 51.4 Å². The zero-order valence-electron chi connectivity index (χ0n) is 12.3. The second-order valence-electron chi connectivity index (χ2n) is 5.87. The quantitative estimate of drug-likeness (QED) is 0.569. The van der Waals surface area contributed by atoms with E-state index in [1.54, 1.807) is 12.1 Å². The van der Waals surface area contributed by atoms with Gasteiger partial charge in [0.05, 0.1) is 0 Å². The van der Waals surface area contributed by atoms with Gasteiger partial charge in [-0.1, -0.05) is 42.1 Å². The Bertz CT molecular complexity index is 421. The van der Waals surface area contributed by atoms with Crippen molar-refractivity contribution in [3.05, 3.63) is 34.1 Å². The second-order valence-corrected chi connectivity index (χ2v) is 6.79. The molecule has 2 unspecified atom stereocenters. The second kappa shape index (κ2) is 8.14. The lowest BCUT2D eigenvalue weighted by molar-refractivity contribution is 0.367. The van der Waals surface area contributed by atoms with Gasteiger partial charge in [0, 0.05) is 4.47 Å². The van der Waals surface area contributed by atoms with Crippen LogP contribution >= 0.6 is 15.9 Å². The van der Waals surface area contributed by atoms with E-state index >= 15 is 0 Å². The zero-order valence-corrected chi connectivity index (χ0v) is 13.9. The molecule has 1 saturated carbocycles. The van der Waals surface area contributed by atoms with E-state index in [0.717, 1.165) is 36.0 Å². The van der Waals surface area contributed by atoms with Crippen LogP contribution in [-0.4, -0.2) is 13.1 Å². The van der Waals surface area contributed by atoms with E-state index in [4.69, 9.17) is 0 Å². The first-order chi connectivity index (χ1) is 9.72. The van der Waals surface area contributed by atoms with Crippen LogP contribution in [0.3, 0.4) is 0 Å².